The molecule has 3 aromatic rings. The number of hydrogen-bond acceptors (Lipinski definition) is 5. The van der Waals surface area contributed by atoms with Crippen LogP contribution in [-0.4, -0.2) is 35.9 Å². The lowest BCUT2D eigenvalue weighted by molar-refractivity contribution is -0.140. The van der Waals surface area contributed by atoms with E-state index in [2.05, 4.69) is 0 Å². The second kappa shape index (κ2) is 8.98. The number of ether oxygens (including phenoxy) is 2. The average Bonchev–Trinajstić information content (AvgIpc) is 3.09. The number of aliphatic hydroxyl groups excluding tert-OH is 1. The smallest absolute Gasteiger partial charge is 0.295 e. The molecule has 1 atom stereocenters. The van der Waals surface area contributed by atoms with Crippen LogP contribution in [0.4, 0.5) is 0 Å². The number of hydrogen-bond donors (Lipinski definition) is 1. The molecule has 0 bridgehead atoms. The summed E-state index contributed by atoms with van der Waals surface area (Å²) in [4.78, 5) is 27.7. The number of methoxy groups -OCH3 is 2. The van der Waals surface area contributed by atoms with Gasteiger partial charge in [-0.15, -0.1) is 0 Å². The monoisotopic (exact) mass is 429 g/mol. The summed E-state index contributed by atoms with van der Waals surface area (Å²) in [5, 5.41) is 11.1. The summed E-state index contributed by atoms with van der Waals surface area (Å²) >= 11 is 0. The van der Waals surface area contributed by atoms with E-state index >= 15 is 0 Å². The summed E-state index contributed by atoms with van der Waals surface area (Å²) in [5.74, 6) is -0.417. The van der Waals surface area contributed by atoms with Crippen LogP contribution in [0.1, 0.15) is 22.7 Å². The van der Waals surface area contributed by atoms with Gasteiger partial charge in [0.1, 0.15) is 17.3 Å². The van der Waals surface area contributed by atoms with Gasteiger partial charge in [0, 0.05) is 12.1 Å². The Morgan fingerprint density at radius 3 is 2.22 bits per heavy atom. The number of likely N-dealkylation sites (tertiary alicyclic amines) is 1. The Morgan fingerprint density at radius 1 is 0.875 bits per heavy atom. The second-order valence-electron chi connectivity index (χ2n) is 7.42. The minimum atomic E-state index is -0.728. The first kappa shape index (κ1) is 21.2. The first-order chi connectivity index (χ1) is 15.5. The molecule has 1 saturated heterocycles. The fourth-order valence-corrected chi connectivity index (χ4v) is 3.92. The quantitative estimate of drug-likeness (QED) is 0.359. The highest BCUT2D eigenvalue weighted by atomic mass is 16.5. The number of rotatable bonds is 6. The van der Waals surface area contributed by atoms with Gasteiger partial charge in [0.05, 0.1) is 25.8 Å². The van der Waals surface area contributed by atoms with Crippen molar-refractivity contribution >= 4 is 17.4 Å². The molecule has 1 amide bonds. The van der Waals surface area contributed by atoms with Crippen molar-refractivity contribution in [3.05, 3.63) is 101 Å². The molecule has 0 aromatic heterocycles. The Morgan fingerprint density at radius 2 is 1.53 bits per heavy atom. The maximum Gasteiger partial charge on any atom is 0.295 e. The van der Waals surface area contributed by atoms with E-state index in [0.29, 0.717) is 17.1 Å². The average molecular weight is 429 g/mol. The minimum Gasteiger partial charge on any atom is -0.507 e. The molecule has 1 aliphatic rings. The first-order valence-electron chi connectivity index (χ1n) is 10.1. The Kier molecular flexibility index (Phi) is 5.94. The standard InChI is InChI=1S/C26H23NO5/c1-31-20-12-6-8-17(14-20)16-27-23(18-9-4-3-5-10-18)22(25(29)26(27)30)24(28)19-11-7-13-21(15-19)32-2/h3-15,23,28H,16H2,1-2H3/b24-22-. The van der Waals surface area contributed by atoms with Gasteiger partial charge in [-0.1, -0.05) is 54.6 Å². The largest absolute Gasteiger partial charge is 0.507 e. The summed E-state index contributed by atoms with van der Waals surface area (Å²) < 4.78 is 10.5. The van der Waals surface area contributed by atoms with Gasteiger partial charge in [-0.05, 0) is 35.4 Å². The van der Waals surface area contributed by atoms with Gasteiger partial charge < -0.3 is 19.5 Å². The zero-order valence-electron chi connectivity index (χ0n) is 17.8. The zero-order valence-corrected chi connectivity index (χ0v) is 17.8. The van der Waals surface area contributed by atoms with Crippen molar-refractivity contribution in [1.82, 2.24) is 4.90 Å². The molecule has 0 radical (unpaired) electrons. The predicted octanol–water partition coefficient (Wildman–Crippen LogP) is 4.33. The van der Waals surface area contributed by atoms with Crippen LogP contribution >= 0.6 is 0 Å². The van der Waals surface area contributed by atoms with Crippen molar-refractivity contribution in [1.29, 1.82) is 0 Å². The normalized spacial score (nSPS) is 17.4. The summed E-state index contributed by atoms with van der Waals surface area (Å²) in [6.07, 6.45) is 0. The number of aliphatic hydroxyl groups is 1. The van der Waals surface area contributed by atoms with Crippen LogP contribution in [0, 0.1) is 0 Å². The number of ketones is 1. The lowest BCUT2D eigenvalue weighted by Crippen LogP contribution is -2.29. The Labute approximate surface area is 186 Å². The third-order valence-electron chi connectivity index (χ3n) is 5.49. The van der Waals surface area contributed by atoms with E-state index in [9.17, 15) is 14.7 Å². The summed E-state index contributed by atoms with van der Waals surface area (Å²) in [6, 6.07) is 22.6. The van der Waals surface area contributed by atoms with Crippen LogP contribution in [0.3, 0.4) is 0 Å². The minimum absolute atomic E-state index is 0.0531. The topological polar surface area (TPSA) is 76.1 Å². The number of Topliss-reactive ketones (excluding diaryl/α,β-unsaturated/α-hetero) is 1. The number of amides is 1. The molecule has 1 aliphatic heterocycles. The third-order valence-corrected chi connectivity index (χ3v) is 5.49. The van der Waals surface area contributed by atoms with Gasteiger partial charge in [-0.25, -0.2) is 0 Å². The molecule has 0 saturated carbocycles. The van der Waals surface area contributed by atoms with Crippen LogP contribution in [0.15, 0.2) is 84.4 Å². The summed E-state index contributed by atoms with van der Waals surface area (Å²) in [6.45, 7) is 0.191. The highest BCUT2D eigenvalue weighted by molar-refractivity contribution is 6.46. The van der Waals surface area contributed by atoms with Crippen LogP contribution in [-0.2, 0) is 16.1 Å². The van der Waals surface area contributed by atoms with E-state index < -0.39 is 17.7 Å². The third kappa shape index (κ3) is 3.95. The fraction of sp³-hybridized carbons (Fsp3) is 0.154. The SMILES string of the molecule is COc1cccc(CN2C(=O)C(=O)/C(=C(\O)c3cccc(OC)c3)C2c2ccccc2)c1. The van der Waals surface area contributed by atoms with Gasteiger partial charge in [0.2, 0.25) is 0 Å². The predicted molar refractivity (Wildman–Crippen MR) is 120 cm³/mol. The molecule has 1 N–H and O–H groups in total. The zero-order chi connectivity index (χ0) is 22.7. The molecule has 1 fully saturated rings. The molecule has 4 rings (SSSR count). The highest BCUT2D eigenvalue weighted by Crippen LogP contribution is 2.40. The van der Waals surface area contributed by atoms with E-state index in [0.717, 1.165) is 11.1 Å². The maximum absolute atomic E-state index is 13.1. The van der Waals surface area contributed by atoms with Gasteiger partial charge in [-0.3, -0.25) is 9.59 Å². The number of nitrogens with zero attached hydrogens (tertiary/aromatic N) is 1. The van der Waals surface area contributed by atoms with Crippen LogP contribution in [0.5, 0.6) is 11.5 Å². The lowest BCUT2D eigenvalue weighted by Gasteiger charge is -2.25. The van der Waals surface area contributed by atoms with Crippen molar-refractivity contribution in [2.24, 2.45) is 0 Å². The molecule has 162 valence electrons. The van der Waals surface area contributed by atoms with Gasteiger partial charge in [0.15, 0.2) is 0 Å². The maximum atomic E-state index is 13.1. The fourth-order valence-electron chi connectivity index (χ4n) is 3.92. The van der Waals surface area contributed by atoms with Crippen LogP contribution < -0.4 is 9.47 Å². The van der Waals surface area contributed by atoms with Crippen LogP contribution in [0.25, 0.3) is 5.76 Å². The van der Waals surface area contributed by atoms with Crippen molar-refractivity contribution in [3.63, 3.8) is 0 Å². The van der Waals surface area contributed by atoms with Gasteiger partial charge >= 0.3 is 0 Å². The van der Waals surface area contributed by atoms with E-state index in [4.69, 9.17) is 9.47 Å². The van der Waals surface area contributed by atoms with E-state index in [-0.39, 0.29) is 17.9 Å². The van der Waals surface area contributed by atoms with E-state index in [1.165, 1.54) is 12.0 Å². The van der Waals surface area contributed by atoms with E-state index in [1.54, 1.807) is 31.4 Å². The number of carbonyl (C=O) groups excluding carboxylic acids is 2. The van der Waals surface area contributed by atoms with Crippen molar-refractivity contribution < 1.29 is 24.2 Å². The molecular formula is C26H23NO5. The molecule has 0 spiro atoms. The molecule has 0 aliphatic carbocycles. The summed E-state index contributed by atoms with van der Waals surface area (Å²) in [7, 11) is 3.10. The Balaban J connectivity index is 1.84. The Hall–Kier alpha value is -4.06. The van der Waals surface area contributed by atoms with Crippen molar-refractivity contribution in [2.45, 2.75) is 12.6 Å². The Bertz CT molecular complexity index is 1190. The molecule has 3 aromatic carbocycles. The number of benzene rings is 3. The molecule has 1 heterocycles. The van der Waals surface area contributed by atoms with E-state index in [1.807, 2.05) is 54.6 Å². The van der Waals surface area contributed by atoms with Gasteiger partial charge in [0.25, 0.3) is 11.7 Å². The molecular weight excluding hydrogens is 406 g/mol. The highest BCUT2D eigenvalue weighted by Gasteiger charge is 2.46. The molecule has 6 heteroatoms. The molecule has 32 heavy (non-hydrogen) atoms. The second-order valence-corrected chi connectivity index (χ2v) is 7.42. The van der Waals surface area contributed by atoms with Crippen LogP contribution in [0.2, 0.25) is 0 Å². The first-order valence-corrected chi connectivity index (χ1v) is 10.1. The van der Waals surface area contributed by atoms with Crippen molar-refractivity contribution in [2.75, 3.05) is 14.2 Å². The molecule has 6 nitrogen and oxygen atoms in total. The van der Waals surface area contributed by atoms with Crippen molar-refractivity contribution in [3.8, 4) is 11.5 Å². The lowest BCUT2D eigenvalue weighted by atomic mass is 9.95. The molecule has 1 unspecified atom stereocenters. The van der Waals surface area contributed by atoms with Gasteiger partial charge in [-0.2, -0.15) is 0 Å². The number of carbonyl (C=O) groups is 2. The summed E-state index contributed by atoms with van der Waals surface area (Å²) in [5.41, 5.74) is 2.01.